The second kappa shape index (κ2) is 8.37. The molecule has 0 amide bonds. The van der Waals surface area contributed by atoms with Gasteiger partial charge in [-0.15, -0.1) is 0 Å². The second-order valence-electron chi connectivity index (χ2n) is 5.90. The van der Waals surface area contributed by atoms with E-state index in [-0.39, 0.29) is 0 Å². The number of aryl methyl sites for hydroxylation is 1. The van der Waals surface area contributed by atoms with Crippen molar-refractivity contribution in [3.05, 3.63) is 29.8 Å². The number of rotatable bonds is 9. The SMILES string of the molecule is CCOC1CC(CC(CCc2ccc(OC)cc2)NN)C1. The number of methoxy groups -OCH3 is 1. The molecule has 0 saturated heterocycles. The molecule has 118 valence electrons. The van der Waals surface area contributed by atoms with Crippen LogP contribution in [0.4, 0.5) is 0 Å². The van der Waals surface area contributed by atoms with Crippen LogP contribution in [-0.4, -0.2) is 25.9 Å². The van der Waals surface area contributed by atoms with Crippen LogP contribution < -0.4 is 16.0 Å². The van der Waals surface area contributed by atoms with Crippen molar-refractivity contribution >= 4 is 0 Å². The van der Waals surface area contributed by atoms with Crippen molar-refractivity contribution in [2.45, 2.75) is 51.2 Å². The molecule has 1 aliphatic carbocycles. The van der Waals surface area contributed by atoms with Crippen LogP contribution in [0, 0.1) is 5.92 Å². The normalized spacial score (nSPS) is 22.6. The van der Waals surface area contributed by atoms with Crippen molar-refractivity contribution in [3.8, 4) is 5.75 Å². The van der Waals surface area contributed by atoms with E-state index in [1.807, 2.05) is 12.1 Å². The van der Waals surface area contributed by atoms with Crippen molar-refractivity contribution in [2.75, 3.05) is 13.7 Å². The summed E-state index contributed by atoms with van der Waals surface area (Å²) in [6.45, 7) is 2.89. The lowest BCUT2D eigenvalue weighted by Crippen LogP contribution is -2.41. The van der Waals surface area contributed by atoms with E-state index >= 15 is 0 Å². The van der Waals surface area contributed by atoms with Gasteiger partial charge in [0.15, 0.2) is 0 Å². The van der Waals surface area contributed by atoms with Gasteiger partial charge in [-0.25, -0.2) is 0 Å². The minimum Gasteiger partial charge on any atom is -0.497 e. The number of hydrazine groups is 1. The van der Waals surface area contributed by atoms with E-state index in [1.54, 1.807) is 7.11 Å². The number of benzene rings is 1. The first kappa shape index (κ1) is 16.3. The first-order valence-corrected chi connectivity index (χ1v) is 7.95. The molecule has 2 rings (SSSR count). The molecule has 1 aliphatic rings. The summed E-state index contributed by atoms with van der Waals surface area (Å²) in [5, 5.41) is 0. The van der Waals surface area contributed by atoms with E-state index in [0.717, 1.165) is 37.5 Å². The highest BCUT2D eigenvalue weighted by Gasteiger charge is 2.30. The highest BCUT2D eigenvalue weighted by Crippen LogP contribution is 2.34. The molecule has 0 aliphatic heterocycles. The Hall–Kier alpha value is -1.10. The van der Waals surface area contributed by atoms with Crippen LogP contribution in [0.3, 0.4) is 0 Å². The minimum absolute atomic E-state index is 0.389. The highest BCUT2D eigenvalue weighted by molar-refractivity contribution is 5.27. The molecule has 1 fully saturated rings. The molecular formula is C17H28N2O2. The van der Waals surface area contributed by atoms with Crippen molar-refractivity contribution in [2.24, 2.45) is 11.8 Å². The van der Waals surface area contributed by atoms with Gasteiger partial charge in [-0.05, 0) is 62.6 Å². The first-order valence-electron chi connectivity index (χ1n) is 7.95. The number of nitrogens with one attached hydrogen (secondary N) is 1. The Bertz CT molecular complexity index is 402. The Morgan fingerprint density at radius 1 is 1.29 bits per heavy atom. The molecule has 0 heterocycles. The van der Waals surface area contributed by atoms with E-state index in [1.165, 1.54) is 18.4 Å². The van der Waals surface area contributed by atoms with Crippen LogP contribution in [0.5, 0.6) is 5.75 Å². The predicted molar refractivity (Wildman–Crippen MR) is 85.2 cm³/mol. The van der Waals surface area contributed by atoms with Crippen LogP contribution in [0.1, 0.15) is 38.2 Å². The molecule has 1 atom stereocenters. The van der Waals surface area contributed by atoms with Crippen LogP contribution in [-0.2, 0) is 11.2 Å². The van der Waals surface area contributed by atoms with Crippen LogP contribution in [0.25, 0.3) is 0 Å². The molecule has 3 N–H and O–H groups in total. The summed E-state index contributed by atoms with van der Waals surface area (Å²) in [7, 11) is 1.69. The Balaban J connectivity index is 1.70. The van der Waals surface area contributed by atoms with E-state index in [4.69, 9.17) is 15.3 Å². The fraction of sp³-hybridized carbons (Fsp3) is 0.647. The molecule has 1 aromatic carbocycles. The summed E-state index contributed by atoms with van der Waals surface area (Å²) in [5.74, 6) is 7.37. The molecule has 1 saturated carbocycles. The fourth-order valence-corrected chi connectivity index (χ4v) is 3.04. The molecule has 0 radical (unpaired) electrons. The maximum Gasteiger partial charge on any atom is 0.118 e. The molecule has 4 heteroatoms. The monoisotopic (exact) mass is 292 g/mol. The molecule has 1 unspecified atom stereocenters. The Morgan fingerprint density at radius 3 is 2.57 bits per heavy atom. The zero-order chi connectivity index (χ0) is 15.1. The molecule has 0 bridgehead atoms. The maximum atomic E-state index is 5.70. The van der Waals surface area contributed by atoms with Gasteiger partial charge in [0.25, 0.3) is 0 Å². The lowest BCUT2D eigenvalue weighted by molar-refractivity contribution is -0.0292. The zero-order valence-corrected chi connectivity index (χ0v) is 13.2. The minimum atomic E-state index is 0.389. The van der Waals surface area contributed by atoms with Crippen LogP contribution in [0.15, 0.2) is 24.3 Å². The maximum absolute atomic E-state index is 5.70. The second-order valence-corrected chi connectivity index (χ2v) is 5.90. The lowest BCUT2D eigenvalue weighted by atomic mass is 9.77. The summed E-state index contributed by atoms with van der Waals surface area (Å²) in [6.07, 6.45) is 6.12. The summed E-state index contributed by atoms with van der Waals surface area (Å²) in [6, 6.07) is 8.67. The number of hydrogen-bond donors (Lipinski definition) is 2. The average molecular weight is 292 g/mol. The van der Waals surface area contributed by atoms with Gasteiger partial charge in [-0.2, -0.15) is 0 Å². The fourth-order valence-electron chi connectivity index (χ4n) is 3.04. The van der Waals surface area contributed by atoms with Crippen LogP contribution in [0.2, 0.25) is 0 Å². The first-order chi connectivity index (χ1) is 10.2. The predicted octanol–water partition coefficient (Wildman–Crippen LogP) is 2.66. The van der Waals surface area contributed by atoms with Crippen molar-refractivity contribution in [3.63, 3.8) is 0 Å². The molecule has 21 heavy (non-hydrogen) atoms. The Morgan fingerprint density at radius 2 is 2.00 bits per heavy atom. The zero-order valence-electron chi connectivity index (χ0n) is 13.2. The summed E-state index contributed by atoms with van der Waals surface area (Å²) in [5.41, 5.74) is 4.31. The Kier molecular flexibility index (Phi) is 6.49. The third-order valence-electron chi connectivity index (χ3n) is 4.39. The van der Waals surface area contributed by atoms with Gasteiger partial charge in [0.2, 0.25) is 0 Å². The van der Waals surface area contributed by atoms with Gasteiger partial charge < -0.3 is 9.47 Å². The smallest absolute Gasteiger partial charge is 0.118 e. The van der Waals surface area contributed by atoms with Gasteiger partial charge in [-0.3, -0.25) is 11.3 Å². The molecule has 4 nitrogen and oxygen atoms in total. The summed E-state index contributed by atoms with van der Waals surface area (Å²) in [4.78, 5) is 0. The molecular weight excluding hydrogens is 264 g/mol. The molecule has 1 aromatic rings. The standard InChI is InChI=1S/C17H28N2O2/c1-3-21-17-11-14(12-17)10-15(19-18)7-4-13-5-8-16(20-2)9-6-13/h5-6,8-9,14-15,17,19H,3-4,7,10-12,18H2,1-2H3. The van der Waals surface area contributed by atoms with E-state index in [2.05, 4.69) is 24.5 Å². The summed E-state index contributed by atoms with van der Waals surface area (Å²) < 4.78 is 10.8. The highest BCUT2D eigenvalue weighted by atomic mass is 16.5. The number of ether oxygens (including phenoxy) is 2. The van der Waals surface area contributed by atoms with Gasteiger partial charge in [0.1, 0.15) is 5.75 Å². The van der Waals surface area contributed by atoms with Crippen molar-refractivity contribution in [1.82, 2.24) is 5.43 Å². The largest absolute Gasteiger partial charge is 0.497 e. The molecule has 0 aromatic heterocycles. The lowest BCUT2D eigenvalue weighted by Gasteiger charge is -2.37. The average Bonchev–Trinajstić information content (AvgIpc) is 2.49. The van der Waals surface area contributed by atoms with Crippen LogP contribution >= 0.6 is 0 Å². The molecule has 0 spiro atoms. The van der Waals surface area contributed by atoms with Gasteiger partial charge in [-0.1, -0.05) is 12.1 Å². The topological polar surface area (TPSA) is 56.5 Å². The quantitative estimate of drug-likeness (QED) is 0.543. The van der Waals surface area contributed by atoms with E-state index in [0.29, 0.717) is 12.1 Å². The van der Waals surface area contributed by atoms with Crippen molar-refractivity contribution < 1.29 is 9.47 Å². The van der Waals surface area contributed by atoms with Crippen molar-refractivity contribution in [1.29, 1.82) is 0 Å². The third kappa shape index (κ3) is 4.99. The van der Waals surface area contributed by atoms with Gasteiger partial charge in [0, 0.05) is 12.6 Å². The van der Waals surface area contributed by atoms with Gasteiger partial charge >= 0.3 is 0 Å². The number of nitrogens with two attached hydrogens (primary N) is 1. The van der Waals surface area contributed by atoms with Gasteiger partial charge in [0.05, 0.1) is 13.2 Å². The summed E-state index contributed by atoms with van der Waals surface area (Å²) >= 11 is 0. The third-order valence-corrected chi connectivity index (χ3v) is 4.39. The Labute approximate surface area is 128 Å². The van der Waals surface area contributed by atoms with E-state index < -0.39 is 0 Å². The van der Waals surface area contributed by atoms with E-state index in [9.17, 15) is 0 Å². The number of hydrogen-bond acceptors (Lipinski definition) is 4.